The average Bonchev–Trinajstić information content (AvgIpc) is 2.92. The number of amides is 1. The van der Waals surface area contributed by atoms with Crippen LogP contribution in [0, 0.1) is 5.41 Å². The van der Waals surface area contributed by atoms with Crippen LogP contribution in [-0.2, 0) is 11.3 Å². The van der Waals surface area contributed by atoms with E-state index in [9.17, 15) is 9.59 Å². The molecule has 0 saturated carbocycles. The summed E-state index contributed by atoms with van der Waals surface area (Å²) in [5, 5.41) is 10.8. The topological polar surface area (TPSA) is 87.8 Å². The van der Waals surface area contributed by atoms with Gasteiger partial charge in [0.25, 0.3) is 0 Å². The van der Waals surface area contributed by atoms with Gasteiger partial charge in [-0.1, -0.05) is 6.92 Å². The van der Waals surface area contributed by atoms with Crippen LogP contribution in [-0.4, -0.2) is 27.0 Å². The second-order valence-corrected chi connectivity index (χ2v) is 5.39. The first-order valence-electron chi connectivity index (χ1n) is 6.64. The normalized spacial score (nSPS) is 21.1. The van der Waals surface area contributed by atoms with Gasteiger partial charge in [-0.15, -0.1) is 0 Å². The number of imidazole rings is 1. The highest BCUT2D eigenvalue weighted by Crippen LogP contribution is 2.33. The van der Waals surface area contributed by atoms with E-state index < -0.39 is 0 Å². The molecule has 1 aliphatic carbocycles. The van der Waals surface area contributed by atoms with Gasteiger partial charge < -0.3 is 9.88 Å². The lowest BCUT2D eigenvalue weighted by Gasteiger charge is -2.19. The van der Waals surface area contributed by atoms with Crippen molar-refractivity contribution in [2.45, 2.75) is 39.7 Å². The molecule has 1 amide bonds. The van der Waals surface area contributed by atoms with Crippen molar-refractivity contribution in [3.8, 4) is 0 Å². The molecule has 0 bridgehead atoms. The Labute approximate surface area is 116 Å². The molecule has 0 radical (unpaired) electrons. The fourth-order valence-corrected chi connectivity index (χ4v) is 2.86. The fraction of sp³-hybridized carbons (Fsp3) is 0.429. The predicted molar refractivity (Wildman–Crippen MR) is 72.9 cm³/mol. The summed E-state index contributed by atoms with van der Waals surface area (Å²) >= 11 is 0. The van der Waals surface area contributed by atoms with Gasteiger partial charge in [0.1, 0.15) is 22.9 Å². The number of carbonyl (C=O) groups excluding carboxylic acids is 2. The summed E-state index contributed by atoms with van der Waals surface area (Å²) in [6.07, 6.45) is 0.970. The Morgan fingerprint density at radius 1 is 1.50 bits per heavy atom. The smallest absolute Gasteiger partial charge is 0.221 e. The van der Waals surface area contributed by atoms with Gasteiger partial charge >= 0.3 is 0 Å². The van der Waals surface area contributed by atoms with Crippen LogP contribution >= 0.6 is 0 Å². The third-order valence-corrected chi connectivity index (χ3v) is 3.94. The van der Waals surface area contributed by atoms with E-state index in [1.54, 1.807) is 6.92 Å². The lowest BCUT2D eigenvalue weighted by atomic mass is 9.94. The maximum absolute atomic E-state index is 12.5. The number of hydrogen-bond acceptors (Lipinski definition) is 4. The molecule has 2 heterocycles. The molecular weight excluding hydrogens is 256 g/mol. The monoisotopic (exact) mass is 272 g/mol. The van der Waals surface area contributed by atoms with Crippen molar-refractivity contribution >= 4 is 17.4 Å². The number of fused-ring (bicyclic) bond motifs is 3. The van der Waals surface area contributed by atoms with E-state index in [4.69, 9.17) is 5.41 Å². The zero-order valence-electron chi connectivity index (χ0n) is 11.7. The molecule has 1 aromatic rings. The van der Waals surface area contributed by atoms with E-state index in [2.05, 4.69) is 17.2 Å². The minimum atomic E-state index is -0.291. The summed E-state index contributed by atoms with van der Waals surface area (Å²) in [5.74, 6) is 0.726. The third kappa shape index (κ3) is 1.57. The summed E-state index contributed by atoms with van der Waals surface area (Å²) in [6, 6.07) is 0. The molecule has 1 aliphatic heterocycles. The molecule has 0 aromatic carbocycles. The van der Waals surface area contributed by atoms with E-state index in [0.29, 0.717) is 22.9 Å². The van der Waals surface area contributed by atoms with E-state index in [1.807, 2.05) is 4.57 Å². The fourth-order valence-electron chi connectivity index (χ4n) is 2.86. The maximum Gasteiger partial charge on any atom is 0.221 e. The lowest BCUT2D eigenvalue weighted by Crippen LogP contribution is -2.33. The number of carbonyl (C=O) groups is 2. The average molecular weight is 272 g/mol. The van der Waals surface area contributed by atoms with Crippen LogP contribution in [0.2, 0.25) is 0 Å². The first-order chi connectivity index (χ1) is 9.41. The molecule has 6 heteroatoms. The lowest BCUT2D eigenvalue weighted by molar-refractivity contribution is -0.118. The second-order valence-electron chi connectivity index (χ2n) is 5.39. The third-order valence-electron chi connectivity index (χ3n) is 3.94. The molecule has 1 unspecified atom stereocenters. The van der Waals surface area contributed by atoms with Crippen molar-refractivity contribution in [3.05, 3.63) is 28.5 Å². The highest BCUT2D eigenvalue weighted by atomic mass is 16.1. The zero-order valence-corrected chi connectivity index (χ0v) is 11.7. The minimum Gasteiger partial charge on any atom is -0.324 e. The molecule has 1 aromatic heterocycles. The summed E-state index contributed by atoms with van der Waals surface area (Å²) in [7, 11) is 0. The molecule has 20 heavy (non-hydrogen) atoms. The first-order valence-corrected chi connectivity index (χ1v) is 6.64. The molecule has 2 aliphatic rings. The van der Waals surface area contributed by atoms with E-state index >= 15 is 0 Å². The maximum atomic E-state index is 12.5. The Morgan fingerprint density at radius 2 is 2.20 bits per heavy atom. The summed E-state index contributed by atoms with van der Waals surface area (Å²) in [6.45, 7) is 5.84. The van der Waals surface area contributed by atoms with Crippen LogP contribution in [0.1, 0.15) is 55.1 Å². The van der Waals surface area contributed by atoms with Crippen molar-refractivity contribution in [2.24, 2.45) is 0 Å². The van der Waals surface area contributed by atoms with Gasteiger partial charge in [-0.3, -0.25) is 15.0 Å². The molecule has 2 N–H and O–H groups in total. The van der Waals surface area contributed by atoms with Gasteiger partial charge in [0.05, 0.1) is 5.70 Å². The van der Waals surface area contributed by atoms with Crippen molar-refractivity contribution in [2.75, 3.05) is 0 Å². The quantitative estimate of drug-likeness (QED) is 0.809. The second kappa shape index (κ2) is 4.13. The van der Waals surface area contributed by atoms with Crippen molar-refractivity contribution in [1.29, 1.82) is 5.41 Å². The Hall–Kier alpha value is -2.24. The summed E-state index contributed by atoms with van der Waals surface area (Å²) < 4.78 is 1.92. The van der Waals surface area contributed by atoms with Crippen LogP contribution in [0.25, 0.3) is 0 Å². The largest absolute Gasteiger partial charge is 0.324 e. The Bertz CT molecular complexity index is 696. The van der Waals surface area contributed by atoms with Gasteiger partial charge in [0, 0.05) is 25.0 Å². The molecule has 0 spiro atoms. The highest BCUT2D eigenvalue weighted by Gasteiger charge is 2.37. The number of Topliss-reactive ketones (excluding diaryl/α,β-unsaturated/α-hetero) is 1. The SMILES string of the molecule is CC(=O)NC1=C(C)C(=O)c2c(nc3n2CCC3C)C1=N. The van der Waals surface area contributed by atoms with Crippen LogP contribution in [0.4, 0.5) is 0 Å². The highest BCUT2D eigenvalue weighted by molar-refractivity contribution is 6.26. The molecule has 104 valence electrons. The van der Waals surface area contributed by atoms with Crippen molar-refractivity contribution < 1.29 is 9.59 Å². The number of nitrogens with zero attached hydrogens (tertiary/aromatic N) is 2. The van der Waals surface area contributed by atoms with Crippen LogP contribution < -0.4 is 5.32 Å². The number of aromatic nitrogens is 2. The summed E-state index contributed by atoms with van der Waals surface area (Å²) in [4.78, 5) is 28.2. The van der Waals surface area contributed by atoms with Crippen LogP contribution in [0.15, 0.2) is 11.3 Å². The predicted octanol–water partition coefficient (Wildman–Crippen LogP) is 1.36. The van der Waals surface area contributed by atoms with Crippen molar-refractivity contribution in [3.63, 3.8) is 0 Å². The van der Waals surface area contributed by atoms with Gasteiger partial charge in [0.2, 0.25) is 11.7 Å². The van der Waals surface area contributed by atoms with Crippen LogP contribution in [0.5, 0.6) is 0 Å². The van der Waals surface area contributed by atoms with E-state index in [1.165, 1.54) is 6.92 Å². The Balaban J connectivity index is 2.16. The van der Waals surface area contributed by atoms with E-state index in [0.717, 1.165) is 18.8 Å². The van der Waals surface area contributed by atoms with Crippen molar-refractivity contribution in [1.82, 2.24) is 14.9 Å². The summed E-state index contributed by atoms with van der Waals surface area (Å²) in [5.41, 5.74) is 1.70. The molecule has 3 rings (SSSR count). The molecule has 1 atom stereocenters. The first kappa shape index (κ1) is 12.8. The van der Waals surface area contributed by atoms with Gasteiger partial charge in [-0.25, -0.2) is 4.98 Å². The molecule has 6 nitrogen and oxygen atoms in total. The molecule has 0 fully saturated rings. The van der Waals surface area contributed by atoms with Gasteiger partial charge in [-0.05, 0) is 13.3 Å². The Kier molecular flexibility index (Phi) is 2.64. The standard InChI is InChI=1S/C14H16N4O2/c1-6-4-5-18-12-11(17-14(6)18)9(15)10(16-8(3)19)7(2)13(12)20/h6,15H,4-5H2,1-3H3,(H,16,19). The molecule has 0 saturated heterocycles. The molecular formula is C14H16N4O2. The van der Waals surface area contributed by atoms with Gasteiger partial charge in [-0.2, -0.15) is 0 Å². The number of hydrogen-bond donors (Lipinski definition) is 2. The van der Waals surface area contributed by atoms with Gasteiger partial charge in [0.15, 0.2) is 0 Å². The number of ketones is 1. The van der Waals surface area contributed by atoms with Crippen LogP contribution in [0.3, 0.4) is 0 Å². The van der Waals surface area contributed by atoms with E-state index in [-0.39, 0.29) is 23.1 Å². The zero-order chi connectivity index (χ0) is 14.6. The number of rotatable bonds is 1. The Morgan fingerprint density at radius 3 is 2.85 bits per heavy atom. The number of nitrogens with one attached hydrogen (secondary N) is 2. The minimum absolute atomic E-state index is 0.126. The number of allylic oxidation sites excluding steroid dienone is 2.